The Kier molecular flexibility index (Phi) is 6.80. The maximum absolute atomic E-state index is 14.5. The molecule has 4 saturated heterocycles. The van der Waals surface area contributed by atoms with Gasteiger partial charge >= 0.3 is 6.01 Å². The van der Waals surface area contributed by atoms with E-state index in [-0.39, 0.29) is 17.0 Å². The van der Waals surface area contributed by atoms with Gasteiger partial charge in [0.05, 0.1) is 42.2 Å². The number of alkyl halides is 1. The topological polar surface area (TPSA) is 110 Å². The minimum absolute atomic E-state index is 0.0475. The minimum Gasteiger partial charge on any atom is -0.461 e. The van der Waals surface area contributed by atoms with Crippen LogP contribution in [-0.4, -0.2) is 78.2 Å². The zero-order valence-corrected chi connectivity index (χ0v) is 23.8. The number of nitrogen functional groups attached to an aromatic ring is 1. The summed E-state index contributed by atoms with van der Waals surface area (Å²) in [5.41, 5.74) is 10.7. The second-order valence-electron chi connectivity index (χ2n) is 12.7. The number of hydrogen-bond acceptors (Lipinski definition) is 9. The Morgan fingerprint density at radius 3 is 2.80 bits per heavy atom. The molecule has 9 nitrogen and oxygen atoms in total. The molecule has 2 aromatic rings. The minimum atomic E-state index is -0.826. The van der Waals surface area contributed by atoms with Crippen LogP contribution in [0.4, 0.5) is 15.9 Å². The summed E-state index contributed by atoms with van der Waals surface area (Å²) in [5.74, 6) is 1.07. The van der Waals surface area contributed by atoms with E-state index in [9.17, 15) is 9.65 Å². The van der Waals surface area contributed by atoms with Crippen molar-refractivity contribution in [2.75, 3.05) is 56.7 Å². The molecule has 3 atom stereocenters. The molecule has 0 unspecified atom stereocenters. The van der Waals surface area contributed by atoms with Gasteiger partial charge in [-0.1, -0.05) is 13.0 Å². The van der Waals surface area contributed by atoms with Crippen LogP contribution in [0.5, 0.6) is 6.01 Å². The lowest BCUT2D eigenvalue weighted by Crippen LogP contribution is -2.71. The van der Waals surface area contributed by atoms with Crippen LogP contribution in [-0.2, 0) is 22.5 Å². The van der Waals surface area contributed by atoms with Gasteiger partial charge in [0.15, 0.2) is 0 Å². The number of halogens is 1. The van der Waals surface area contributed by atoms with Gasteiger partial charge in [0.1, 0.15) is 24.7 Å². The second-order valence-corrected chi connectivity index (χ2v) is 12.7. The lowest BCUT2D eigenvalue weighted by atomic mass is 9.82. The molecule has 6 heterocycles. The number of hydrogen-bond donors (Lipinski definition) is 1. The highest BCUT2D eigenvalue weighted by molar-refractivity contribution is 5.63. The number of nitrogens with two attached hydrogens (primary N) is 1. The van der Waals surface area contributed by atoms with Crippen molar-refractivity contribution >= 4 is 11.5 Å². The number of anilines is 2. The van der Waals surface area contributed by atoms with Gasteiger partial charge in [0.2, 0.25) is 0 Å². The first-order chi connectivity index (χ1) is 19.9. The fraction of sp³-hybridized carbons (Fsp3) is 0.645. The van der Waals surface area contributed by atoms with E-state index in [1.165, 1.54) is 0 Å². The van der Waals surface area contributed by atoms with Crippen molar-refractivity contribution in [1.29, 1.82) is 5.26 Å². The van der Waals surface area contributed by atoms with Gasteiger partial charge in [-0.3, -0.25) is 4.90 Å². The highest BCUT2D eigenvalue weighted by Crippen LogP contribution is 2.44. The van der Waals surface area contributed by atoms with Crippen molar-refractivity contribution in [1.82, 2.24) is 14.9 Å². The van der Waals surface area contributed by atoms with Crippen molar-refractivity contribution in [2.45, 2.75) is 81.6 Å². The molecule has 5 aliphatic heterocycles. The summed E-state index contributed by atoms with van der Waals surface area (Å²) < 4.78 is 32.7. The SMILES string of the molecule is C[C@H]1CCCOCc2c(nc(OC[C@@]34CCCN3C[C@H](F)C4)nc2N2CCC23COC3)Cc2c1ccc(N)c2C#N. The van der Waals surface area contributed by atoms with Crippen molar-refractivity contribution in [3.63, 3.8) is 0 Å². The highest BCUT2D eigenvalue weighted by atomic mass is 19.1. The Bertz CT molecular complexity index is 1370. The molecule has 0 amide bonds. The van der Waals surface area contributed by atoms with E-state index in [1.54, 1.807) is 0 Å². The van der Waals surface area contributed by atoms with E-state index in [2.05, 4.69) is 28.9 Å². The number of fused-ring (bicyclic) bond motifs is 3. The van der Waals surface area contributed by atoms with Crippen LogP contribution >= 0.6 is 0 Å². The first-order valence-corrected chi connectivity index (χ1v) is 15.1. The van der Waals surface area contributed by atoms with Crippen LogP contribution in [0, 0.1) is 11.3 Å². The molecule has 1 aromatic heterocycles. The Labute approximate surface area is 240 Å². The van der Waals surface area contributed by atoms with Gasteiger partial charge in [0.25, 0.3) is 0 Å². The van der Waals surface area contributed by atoms with E-state index in [0.29, 0.717) is 69.7 Å². The molecule has 4 fully saturated rings. The van der Waals surface area contributed by atoms with E-state index in [1.807, 2.05) is 6.07 Å². The number of benzene rings is 1. The van der Waals surface area contributed by atoms with E-state index in [4.69, 9.17) is 29.9 Å². The predicted octanol–water partition coefficient (Wildman–Crippen LogP) is 3.87. The molecular formula is C31H39FN6O3. The van der Waals surface area contributed by atoms with Gasteiger partial charge in [-0.25, -0.2) is 4.39 Å². The smallest absolute Gasteiger partial charge is 0.318 e. The number of ether oxygens (including phenoxy) is 3. The maximum Gasteiger partial charge on any atom is 0.318 e. The fourth-order valence-electron chi connectivity index (χ4n) is 7.69. The molecule has 1 aromatic carbocycles. The summed E-state index contributed by atoms with van der Waals surface area (Å²) in [4.78, 5) is 14.6. The molecule has 2 N–H and O–H groups in total. The lowest BCUT2D eigenvalue weighted by Gasteiger charge is -2.58. The molecule has 1 spiro atoms. The van der Waals surface area contributed by atoms with Crippen LogP contribution in [0.2, 0.25) is 0 Å². The van der Waals surface area contributed by atoms with Crippen LogP contribution in [0.3, 0.4) is 0 Å². The number of aromatic nitrogens is 2. The molecular weight excluding hydrogens is 523 g/mol. The van der Waals surface area contributed by atoms with Crippen LogP contribution in [0.1, 0.15) is 79.3 Å². The van der Waals surface area contributed by atoms with Gasteiger partial charge in [-0.05, 0) is 61.8 Å². The van der Waals surface area contributed by atoms with Crippen molar-refractivity contribution < 1.29 is 18.6 Å². The number of nitriles is 1. The van der Waals surface area contributed by atoms with Crippen molar-refractivity contribution in [2.24, 2.45) is 0 Å². The molecule has 0 aliphatic carbocycles. The van der Waals surface area contributed by atoms with Crippen molar-refractivity contribution in [3.05, 3.63) is 40.1 Å². The van der Waals surface area contributed by atoms with Gasteiger partial charge in [0, 0.05) is 43.8 Å². The molecule has 5 aliphatic rings. The summed E-state index contributed by atoms with van der Waals surface area (Å²) in [7, 11) is 0. The zero-order valence-electron chi connectivity index (χ0n) is 23.8. The normalized spacial score (nSPS) is 29.0. The Hall–Kier alpha value is -3.00. The molecule has 0 saturated carbocycles. The third kappa shape index (κ3) is 4.53. The van der Waals surface area contributed by atoms with Gasteiger partial charge < -0.3 is 24.8 Å². The van der Waals surface area contributed by atoms with Gasteiger partial charge in [-0.15, -0.1) is 0 Å². The monoisotopic (exact) mass is 562 g/mol. The lowest BCUT2D eigenvalue weighted by molar-refractivity contribution is -0.0854. The Balaban J connectivity index is 1.32. The largest absolute Gasteiger partial charge is 0.461 e. The first-order valence-electron chi connectivity index (χ1n) is 15.1. The van der Waals surface area contributed by atoms with Gasteiger partial charge in [-0.2, -0.15) is 15.2 Å². The van der Waals surface area contributed by atoms with Crippen LogP contribution in [0.25, 0.3) is 0 Å². The molecule has 7 rings (SSSR count). The maximum atomic E-state index is 14.5. The van der Waals surface area contributed by atoms with Crippen LogP contribution < -0.4 is 15.4 Å². The third-order valence-electron chi connectivity index (χ3n) is 10.2. The second kappa shape index (κ2) is 10.4. The van der Waals surface area contributed by atoms with Crippen molar-refractivity contribution in [3.8, 4) is 12.1 Å². The van der Waals surface area contributed by atoms with E-state index in [0.717, 1.165) is 73.4 Å². The molecule has 10 heteroatoms. The standard InChI is InChI=1S/C31H39FN6O3/c1-20-4-2-11-39-16-25-27(12-23-22(20)5-6-26(34)24(23)14-33)35-29(36-28(25)38-10-8-31(38)17-40-18-31)41-19-30-7-3-9-37(30)15-21(32)13-30/h5-6,20-21H,2-4,7-13,15-19,34H2,1H3/t20-,21+,30-/m0/s1. The third-order valence-corrected chi connectivity index (χ3v) is 10.2. The van der Waals surface area contributed by atoms with E-state index < -0.39 is 6.17 Å². The average Bonchev–Trinajstić information content (AvgIpc) is 3.41. The molecule has 41 heavy (non-hydrogen) atoms. The fourth-order valence-corrected chi connectivity index (χ4v) is 7.69. The Morgan fingerprint density at radius 2 is 2.05 bits per heavy atom. The molecule has 218 valence electrons. The average molecular weight is 563 g/mol. The zero-order chi connectivity index (χ0) is 28.2. The summed E-state index contributed by atoms with van der Waals surface area (Å²) >= 11 is 0. The van der Waals surface area contributed by atoms with Crippen LogP contribution in [0.15, 0.2) is 12.1 Å². The van der Waals surface area contributed by atoms with E-state index >= 15 is 0 Å². The molecule has 0 radical (unpaired) electrons. The molecule has 0 bridgehead atoms. The summed E-state index contributed by atoms with van der Waals surface area (Å²) in [6.45, 7) is 7.17. The first kappa shape index (κ1) is 26.9. The highest BCUT2D eigenvalue weighted by Gasteiger charge is 2.53. The summed E-state index contributed by atoms with van der Waals surface area (Å²) in [5, 5.41) is 10.1. The number of rotatable bonds is 4. The number of nitrogens with zero attached hydrogens (tertiary/aromatic N) is 5. The summed E-state index contributed by atoms with van der Waals surface area (Å²) in [6.07, 6.45) is 4.97. The Morgan fingerprint density at radius 1 is 1.17 bits per heavy atom. The quantitative estimate of drug-likeness (QED) is 0.556. The summed E-state index contributed by atoms with van der Waals surface area (Å²) in [6, 6.07) is 6.58. The predicted molar refractivity (Wildman–Crippen MR) is 152 cm³/mol.